The number of aliphatic hydroxyl groups excluding tert-OH is 1. The van der Waals surface area contributed by atoms with Crippen LogP contribution in [0.2, 0.25) is 0 Å². The van der Waals surface area contributed by atoms with Crippen molar-refractivity contribution in [2.24, 2.45) is 0 Å². The minimum atomic E-state index is -1.76. The zero-order chi connectivity index (χ0) is 22.7. The molecule has 2 amide bonds. The van der Waals surface area contributed by atoms with E-state index in [1.807, 2.05) is 48.5 Å². The van der Waals surface area contributed by atoms with Gasteiger partial charge >= 0.3 is 12.1 Å². The highest BCUT2D eigenvalue weighted by Crippen LogP contribution is 2.44. The van der Waals surface area contributed by atoms with Crippen molar-refractivity contribution in [1.29, 1.82) is 0 Å². The lowest BCUT2D eigenvalue weighted by Crippen LogP contribution is -2.36. The first-order chi connectivity index (χ1) is 15.5. The van der Waals surface area contributed by atoms with E-state index in [0.717, 1.165) is 22.3 Å². The largest absolute Gasteiger partial charge is 0.479 e. The highest BCUT2D eigenvalue weighted by Gasteiger charge is 2.29. The highest BCUT2D eigenvalue weighted by atomic mass is 16.5. The van der Waals surface area contributed by atoms with E-state index in [2.05, 4.69) is 10.6 Å². The van der Waals surface area contributed by atoms with Gasteiger partial charge < -0.3 is 24.7 Å². The second kappa shape index (κ2) is 8.94. The fraction of sp³-hybridized carbons (Fsp3) is 0.174. The highest BCUT2D eigenvalue weighted by molar-refractivity contribution is 6.00. The fourth-order valence-corrected chi connectivity index (χ4v) is 3.68. The van der Waals surface area contributed by atoms with Gasteiger partial charge in [-0.3, -0.25) is 10.1 Å². The van der Waals surface area contributed by atoms with Gasteiger partial charge in [0.2, 0.25) is 5.76 Å². The topological polar surface area (TPSA) is 138 Å². The summed E-state index contributed by atoms with van der Waals surface area (Å²) in [5.74, 6) is -2.61. The van der Waals surface area contributed by atoms with Gasteiger partial charge in [0.25, 0.3) is 5.91 Å². The number of aliphatic hydroxyl groups is 1. The molecule has 1 aromatic heterocycles. The summed E-state index contributed by atoms with van der Waals surface area (Å²) < 4.78 is 10.5. The van der Waals surface area contributed by atoms with E-state index in [1.165, 1.54) is 12.3 Å². The van der Waals surface area contributed by atoms with Crippen LogP contribution in [0.15, 0.2) is 65.3 Å². The maximum atomic E-state index is 12.4. The average Bonchev–Trinajstić information content (AvgIpc) is 3.38. The normalized spacial score (nSPS) is 13.0. The molecule has 4 rings (SSSR count). The zero-order valence-corrected chi connectivity index (χ0v) is 16.8. The molecule has 0 saturated heterocycles. The Bertz CT molecular complexity index is 1120. The Morgan fingerprint density at radius 3 is 2.25 bits per heavy atom. The number of amides is 2. The molecule has 0 saturated carbocycles. The Morgan fingerprint density at radius 2 is 1.62 bits per heavy atom. The predicted molar refractivity (Wildman–Crippen MR) is 113 cm³/mol. The van der Waals surface area contributed by atoms with Crippen LogP contribution in [0.1, 0.15) is 27.6 Å². The number of carbonyl (C=O) groups is 3. The SMILES string of the molecule is O=C(Nc1ccoc1C(=O)NC[C@H](O)C(=O)O)OCC1c2ccccc2-c2ccccc21. The minimum absolute atomic E-state index is 0.0598. The van der Waals surface area contributed by atoms with Gasteiger partial charge in [0.15, 0.2) is 6.10 Å². The number of carboxylic acids is 1. The van der Waals surface area contributed by atoms with Crippen molar-refractivity contribution < 1.29 is 33.8 Å². The number of furan rings is 1. The van der Waals surface area contributed by atoms with Crippen molar-refractivity contribution >= 4 is 23.7 Å². The number of carbonyl (C=O) groups excluding carboxylic acids is 2. The maximum Gasteiger partial charge on any atom is 0.411 e. The number of nitrogens with one attached hydrogen (secondary N) is 2. The standard InChI is InChI=1S/C23H20N2O7/c26-19(22(28)29)11-24-21(27)20-18(9-10-31-20)25-23(30)32-12-17-15-7-3-1-5-13(15)14-6-2-4-8-16(14)17/h1-10,17,19,26H,11-12H2,(H,24,27)(H,25,30)(H,28,29)/t19-/m0/s1. The van der Waals surface area contributed by atoms with E-state index in [0.29, 0.717) is 0 Å². The molecule has 9 heteroatoms. The van der Waals surface area contributed by atoms with Crippen molar-refractivity contribution in [3.8, 4) is 11.1 Å². The van der Waals surface area contributed by atoms with Crippen LogP contribution in [0.25, 0.3) is 11.1 Å². The van der Waals surface area contributed by atoms with Crippen LogP contribution in [0.4, 0.5) is 10.5 Å². The molecule has 1 heterocycles. The quantitative estimate of drug-likeness (QED) is 0.447. The summed E-state index contributed by atoms with van der Waals surface area (Å²) in [7, 11) is 0. The van der Waals surface area contributed by atoms with Crippen molar-refractivity contribution in [3.05, 3.63) is 77.7 Å². The Morgan fingerprint density at radius 1 is 1.00 bits per heavy atom. The van der Waals surface area contributed by atoms with Gasteiger partial charge in [-0.1, -0.05) is 48.5 Å². The summed E-state index contributed by atoms with van der Waals surface area (Å²) in [6.07, 6.45) is -1.33. The molecule has 0 radical (unpaired) electrons. The van der Waals surface area contributed by atoms with Gasteiger partial charge in [-0.05, 0) is 22.3 Å². The van der Waals surface area contributed by atoms with Crippen LogP contribution in [0, 0.1) is 0 Å². The van der Waals surface area contributed by atoms with Crippen LogP contribution in [-0.4, -0.2) is 47.4 Å². The van der Waals surface area contributed by atoms with Crippen LogP contribution < -0.4 is 10.6 Å². The lowest BCUT2D eigenvalue weighted by Gasteiger charge is -2.14. The summed E-state index contributed by atoms with van der Waals surface area (Å²) in [4.78, 5) is 35.2. The summed E-state index contributed by atoms with van der Waals surface area (Å²) in [5.41, 5.74) is 4.41. The number of fused-ring (bicyclic) bond motifs is 3. The molecule has 3 aromatic rings. The van der Waals surface area contributed by atoms with Gasteiger partial charge in [-0.15, -0.1) is 0 Å². The van der Waals surface area contributed by atoms with Crippen molar-refractivity contribution in [1.82, 2.24) is 5.32 Å². The lowest BCUT2D eigenvalue weighted by atomic mass is 9.98. The van der Waals surface area contributed by atoms with E-state index < -0.39 is 30.6 Å². The van der Waals surface area contributed by atoms with Gasteiger partial charge in [0.1, 0.15) is 6.61 Å². The van der Waals surface area contributed by atoms with E-state index in [4.69, 9.17) is 14.3 Å². The molecule has 2 aromatic carbocycles. The molecule has 1 atom stereocenters. The molecule has 32 heavy (non-hydrogen) atoms. The van der Waals surface area contributed by atoms with Gasteiger partial charge in [-0.25, -0.2) is 9.59 Å². The Labute approximate surface area is 182 Å². The fourth-order valence-electron chi connectivity index (χ4n) is 3.68. The Hall–Kier alpha value is -4.11. The van der Waals surface area contributed by atoms with Crippen molar-refractivity contribution in [2.75, 3.05) is 18.5 Å². The molecule has 0 spiro atoms. The van der Waals surface area contributed by atoms with E-state index in [-0.39, 0.29) is 24.0 Å². The third-order valence-corrected chi connectivity index (χ3v) is 5.19. The molecule has 9 nitrogen and oxygen atoms in total. The lowest BCUT2D eigenvalue weighted by molar-refractivity contribution is -0.146. The first-order valence-electron chi connectivity index (χ1n) is 9.84. The van der Waals surface area contributed by atoms with Crippen LogP contribution in [-0.2, 0) is 9.53 Å². The molecular weight excluding hydrogens is 416 g/mol. The first-order valence-corrected chi connectivity index (χ1v) is 9.84. The minimum Gasteiger partial charge on any atom is -0.479 e. The number of hydrogen-bond donors (Lipinski definition) is 4. The number of benzene rings is 2. The van der Waals surface area contributed by atoms with E-state index in [1.54, 1.807) is 0 Å². The predicted octanol–water partition coefficient (Wildman–Crippen LogP) is 2.82. The van der Waals surface area contributed by atoms with Crippen molar-refractivity contribution in [2.45, 2.75) is 12.0 Å². The molecule has 0 fully saturated rings. The number of anilines is 1. The van der Waals surface area contributed by atoms with E-state index >= 15 is 0 Å². The molecule has 0 aliphatic heterocycles. The first kappa shape index (κ1) is 21.1. The molecule has 0 unspecified atom stereocenters. The summed E-state index contributed by atoms with van der Waals surface area (Å²) >= 11 is 0. The average molecular weight is 436 g/mol. The second-order valence-corrected chi connectivity index (χ2v) is 7.18. The third kappa shape index (κ3) is 4.19. The number of rotatable bonds is 7. The number of aliphatic carboxylic acids is 1. The van der Waals surface area contributed by atoms with Crippen LogP contribution in [0.3, 0.4) is 0 Å². The Balaban J connectivity index is 1.39. The van der Waals surface area contributed by atoms with Crippen LogP contribution >= 0.6 is 0 Å². The number of hydrogen-bond acceptors (Lipinski definition) is 6. The van der Waals surface area contributed by atoms with Crippen molar-refractivity contribution in [3.63, 3.8) is 0 Å². The maximum absolute atomic E-state index is 12.4. The molecule has 1 aliphatic rings. The smallest absolute Gasteiger partial charge is 0.411 e. The Kier molecular flexibility index (Phi) is 5.91. The second-order valence-electron chi connectivity index (χ2n) is 7.18. The van der Waals surface area contributed by atoms with E-state index in [9.17, 15) is 19.5 Å². The van der Waals surface area contributed by atoms with Gasteiger partial charge in [0.05, 0.1) is 18.5 Å². The summed E-state index contributed by atoms with van der Waals surface area (Å²) in [6.45, 7) is -0.413. The number of ether oxygens (including phenoxy) is 1. The van der Waals surface area contributed by atoms with Gasteiger partial charge in [0, 0.05) is 12.0 Å². The monoisotopic (exact) mass is 436 g/mol. The summed E-state index contributed by atoms with van der Waals surface area (Å²) in [6, 6.07) is 17.3. The molecule has 1 aliphatic carbocycles. The van der Waals surface area contributed by atoms with Gasteiger partial charge in [-0.2, -0.15) is 0 Å². The third-order valence-electron chi connectivity index (χ3n) is 5.19. The molecule has 0 bridgehead atoms. The molecule has 164 valence electrons. The zero-order valence-electron chi connectivity index (χ0n) is 16.8. The number of carboxylic acid groups (broad SMARTS) is 1. The van der Waals surface area contributed by atoms with Crippen LogP contribution in [0.5, 0.6) is 0 Å². The summed E-state index contributed by atoms with van der Waals surface area (Å²) in [5, 5.41) is 22.6. The molecular formula is C23H20N2O7. The molecule has 4 N–H and O–H groups in total.